The van der Waals surface area contributed by atoms with Gasteiger partial charge in [-0.25, -0.2) is 4.98 Å². The highest BCUT2D eigenvalue weighted by atomic mass is 32.2. The van der Waals surface area contributed by atoms with Crippen LogP contribution in [0.2, 0.25) is 0 Å². The van der Waals surface area contributed by atoms with Gasteiger partial charge in [-0.05, 0) is 50.7 Å². The van der Waals surface area contributed by atoms with Crippen molar-refractivity contribution in [1.29, 1.82) is 0 Å². The van der Waals surface area contributed by atoms with E-state index in [-0.39, 0.29) is 29.3 Å². The van der Waals surface area contributed by atoms with Crippen LogP contribution >= 0.6 is 11.8 Å². The topological polar surface area (TPSA) is 64.0 Å². The van der Waals surface area contributed by atoms with Crippen molar-refractivity contribution < 1.29 is 4.79 Å². The van der Waals surface area contributed by atoms with Crippen molar-refractivity contribution in [3.63, 3.8) is 0 Å². The summed E-state index contributed by atoms with van der Waals surface area (Å²) in [6.07, 6.45) is 6.37. The number of carbonyl (C=O) groups excluding carboxylic acids is 1. The molecule has 2 aromatic rings. The number of fused-ring (bicyclic) bond motifs is 1. The minimum Gasteiger partial charge on any atom is -0.353 e. The van der Waals surface area contributed by atoms with Crippen molar-refractivity contribution in [2.24, 2.45) is 5.92 Å². The first-order valence-corrected chi connectivity index (χ1v) is 11.4. The van der Waals surface area contributed by atoms with E-state index in [2.05, 4.69) is 19.2 Å². The summed E-state index contributed by atoms with van der Waals surface area (Å²) in [4.78, 5) is 30.3. The maximum atomic E-state index is 13.1. The minimum absolute atomic E-state index is 0.00151. The number of carbonyl (C=O) groups is 1. The summed E-state index contributed by atoms with van der Waals surface area (Å²) < 4.78 is 1.84. The molecule has 0 spiro atoms. The summed E-state index contributed by atoms with van der Waals surface area (Å²) in [5, 5.41) is 4.40. The normalized spacial score (nSPS) is 16.0. The fourth-order valence-corrected chi connectivity index (χ4v) is 4.69. The second-order valence-corrected chi connectivity index (χ2v) is 9.20. The molecule has 1 aliphatic carbocycles. The molecule has 0 saturated heterocycles. The van der Waals surface area contributed by atoms with Crippen LogP contribution in [-0.2, 0) is 4.79 Å². The Morgan fingerprint density at radius 1 is 1.21 bits per heavy atom. The molecule has 0 unspecified atom stereocenters. The molecule has 28 heavy (non-hydrogen) atoms. The van der Waals surface area contributed by atoms with Crippen LogP contribution in [0.5, 0.6) is 0 Å². The molecule has 1 aromatic heterocycles. The first kappa shape index (κ1) is 20.9. The standard InChI is InChI=1S/C22H31N3O2S/c1-15(2)12-13-16(3)23-20(26)14-28-22-24-19-11-7-6-10-18(19)21(27)25(22)17-8-4-5-9-17/h6-7,10-11,15-17H,4-5,8-9,12-14H2,1-3H3,(H,23,26)/t16-/m1/s1. The Labute approximate surface area is 171 Å². The lowest BCUT2D eigenvalue weighted by molar-refractivity contribution is -0.119. The molecule has 1 N–H and O–H groups in total. The lowest BCUT2D eigenvalue weighted by atomic mass is 10.0. The molecular formula is C22H31N3O2S. The fourth-order valence-electron chi connectivity index (χ4n) is 3.81. The van der Waals surface area contributed by atoms with Crippen molar-refractivity contribution in [3.05, 3.63) is 34.6 Å². The molecule has 1 amide bonds. The molecular weight excluding hydrogens is 370 g/mol. The second kappa shape index (κ2) is 9.59. The summed E-state index contributed by atoms with van der Waals surface area (Å²) in [6, 6.07) is 7.84. The van der Waals surface area contributed by atoms with Crippen LogP contribution < -0.4 is 10.9 Å². The highest BCUT2D eigenvalue weighted by Gasteiger charge is 2.23. The van der Waals surface area contributed by atoms with Gasteiger partial charge in [0.1, 0.15) is 0 Å². The van der Waals surface area contributed by atoms with Crippen LogP contribution in [0, 0.1) is 5.92 Å². The van der Waals surface area contributed by atoms with E-state index in [4.69, 9.17) is 4.98 Å². The van der Waals surface area contributed by atoms with Crippen LogP contribution in [0.4, 0.5) is 0 Å². The Balaban J connectivity index is 1.75. The van der Waals surface area contributed by atoms with Crippen LogP contribution in [0.1, 0.15) is 65.3 Å². The van der Waals surface area contributed by atoms with Gasteiger partial charge in [-0.2, -0.15) is 0 Å². The predicted molar refractivity (Wildman–Crippen MR) is 116 cm³/mol. The van der Waals surface area contributed by atoms with Gasteiger partial charge >= 0.3 is 0 Å². The Morgan fingerprint density at radius 2 is 1.93 bits per heavy atom. The van der Waals surface area contributed by atoms with Gasteiger partial charge in [0.15, 0.2) is 5.16 Å². The van der Waals surface area contributed by atoms with E-state index in [1.807, 2.05) is 35.8 Å². The van der Waals surface area contributed by atoms with E-state index in [1.54, 1.807) is 0 Å². The zero-order valence-corrected chi connectivity index (χ0v) is 17.9. The number of benzene rings is 1. The lowest BCUT2D eigenvalue weighted by Crippen LogP contribution is -2.34. The first-order valence-electron chi connectivity index (χ1n) is 10.4. The molecule has 1 fully saturated rings. The zero-order chi connectivity index (χ0) is 20.1. The average Bonchev–Trinajstić information content (AvgIpc) is 3.19. The lowest BCUT2D eigenvalue weighted by Gasteiger charge is -2.19. The summed E-state index contributed by atoms with van der Waals surface area (Å²) in [5.74, 6) is 0.918. The van der Waals surface area contributed by atoms with Crippen LogP contribution in [0.15, 0.2) is 34.2 Å². The smallest absolute Gasteiger partial charge is 0.262 e. The third-order valence-electron chi connectivity index (χ3n) is 5.38. The van der Waals surface area contributed by atoms with Gasteiger partial charge in [-0.15, -0.1) is 0 Å². The maximum Gasteiger partial charge on any atom is 0.262 e. The number of hydrogen-bond donors (Lipinski definition) is 1. The van der Waals surface area contributed by atoms with E-state index < -0.39 is 0 Å². The number of amides is 1. The number of rotatable bonds is 8. The molecule has 1 saturated carbocycles. The van der Waals surface area contributed by atoms with E-state index in [0.717, 1.165) is 38.5 Å². The van der Waals surface area contributed by atoms with Gasteiger partial charge in [0.25, 0.3) is 5.56 Å². The molecule has 1 aromatic carbocycles. The molecule has 0 bridgehead atoms. The fraction of sp³-hybridized carbons (Fsp3) is 0.591. The highest BCUT2D eigenvalue weighted by molar-refractivity contribution is 7.99. The predicted octanol–water partition coefficient (Wildman–Crippen LogP) is 4.54. The Kier molecular flexibility index (Phi) is 7.16. The number of aromatic nitrogens is 2. The Hall–Kier alpha value is -1.82. The number of nitrogens with zero attached hydrogens (tertiary/aromatic N) is 2. The van der Waals surface area contributed by atoms with Crippen molar-refractivity contribution in [2.75, 3.05) is 5.75 Å². The third-order valence-corrected chi connectivity index (χ3v) is 6.33. The van der Waals surface area contributed by atoms with Crippen LogP contribution in [0.25, 0.3) is 10.9 Å². The first-order chi connectivity index (χ1) is 13.5. The van der Waals surface area contributed by atoms with Gasteiger partial charge in [-0.3, -0.25) is 14.2 Å². The SMILES string of the molecule is CC(C)CC[C@@H](C)NC(=O)CSc1nc2ccccc2c(=O)n1C1CCCC1. The second-order valence-electron chi connectivity index (χ2n) is 8.25. The minimum atomic E-state index is 0.00151. The molecule has 6 heteroatoms. The largest absolute Gasteiger partial charge is 0.353 e. The van der Waals surface area contributed by atoms with E-state index in [1.165, 1.54) is 11.8 Å². The summed E-state index contributed by atoms with van der Waals surface area (Å²) >= 11 is 1.38. The number of thioether (sulfide) groups is 1. The quantitative estimate of drug-likeness (QED) is 0.521. The van der Waals surface area contributed by atoms with Crippen molar-refractivity contribution in [2.45, 2.75) is 76.5 Å². The Bertz CT molecular complexity index is 872. The maximum absolute atomic E-state index is 13.1. The molecule has 1 heterocycles. The average molecular weight is 402 g/mol. The van der Waals surface area contributed by atoms with Gasteiger partial charge in [0, 0.05) is 12.1 Å². The van der Waals surface area contributed by atoms with Crippen molar-refractivity contribution in [3.8, 4) is 0 Å². The van der Waals surface area contributed by atoms with Gasteiger partial charge in [0.05, 0.1) is 16.7 Å². The molecule has 5 nitrogen and oxygen atoms in total. The third kappa shape index (κ3) is 5.16. The molecule has 1 atom stereocenters. The summed E-state index contributed by atoms with van der Waals surface area (Å²) in [5.41, 5.74) is 0.723. The van der Waals surface area contributed by atoms with Crippen LogP contribution in [-0.4, -0.2) is 27.3 Å². The number of hydrogen-bond acceptors (Lipinski definition) is 4. The van der Waals surface area contributed by atoms with E-state index in [9.17, 15) is 9.59 Å². The molecule has 0 radical (unpaired) electrons. The van der Waals surface area contributed by atoms with Crippen molar-refractivity contribution in [1.82, 2.24) is 14.9 Å². The molecule has 152 valence electrons. The molecule has 1 aliphatic rings. The van der Waals surface area contributed by atoms with Gasteiger partial charge in [-0.1, -0.05) is 50.6 Å². The van der Waals surface area contributed by atoms with Gasteiger partial charge < -0.3 is 5.32 Å². The Morgan fingerprint density at radius 3 is 2.64 bits per heavy atom. The summed E-state index contributed by atoms with van der Waals surface area (Å²) in [6.45, 7) is 6.43. The highest BCUT2D eigenvalue weighted by Crippen LogP contribution is 2.32. The van der Waals surface area contributed by atoms with Crippen LogP contribution in [0.3, 0.4) is 0 Å². The van der Waals surface area contributed by atoms with Gasteiger partial charge in [0.2, 0.25) is 5.91 Å². The zero-order valence-electron chi connectivity index (χ0n) is 17.1. The van der Waals surface area contributed by atoms with Crippen molar-refractivity contribution >= 4 is 28.6 Å². The molecule has 0 aliphatic heterocycles. The molecule has 3 rings (SSSR count). The van der Waals surface area contributed by atoms with E-state index in [0.29, 0.717) is 22.0 Å². The van der Waals surface area contributed by atoms with E-state index >= 15 is 0 Å². The number of para-hydroxylation sites is 1. The summed E-state index contributed by atoms with van der Waals surface area (Å²) in [7, 11) is 0. The number of nitrogens with one attached hydrogen (secondary N) is 1. The monoisotopic (exact) mass is 401 g/mol.